The molecule has 0 aliphatic carbocycles. The Morgan fingerprint density at radius 1 is 0.779 bits per heavy atom. The number of furan rings is 1. The molecule has 23 heteroatoms. The molecule has 5 aromatic heterocycles. The van der Waals surface area contributed by atoms with Gasteiger partial charge in [0, 0.05) is 69.8 Å². The van der Waals surface area contributed by atoms with Gasteiger partial charge in [-0.25, -0.2) is 0 Å². The number of amides is 3. The molecule has 0 radical (unpaired) electrons. The number of piperidine rings is 2. The number of likely N-dealkylation sites (tertiary alicyclic amines) is 2. The molecule has 2 aliphatic heterocycles. The van der Waals surface area contributed by atoms with E-state index < -0.39 is 0 Å². The quantitative estimate of drug-likeness (QED) is 0.0317. The van der Waals surface area contributed by atoms with E-state index in [0.717, 1.165) is 66.1 Å². The lowest BCUT2D eigenvalue weighted by atomic mass is 9.98. The molecule has 7 heterocycles. The van der Waals surface area contributed by atoms with Gasteiger partial charge in [0.2, 0.25) is 30.0 Å². The van der Waals surface area contributed by atoms with Crippen molar-refractivity contribution in [2.24, 2.45) is 0 Å². The number of rotatable bonds is 19. The third-order valence-electron chi connectivity index (χ3n) is 12.4. The normalized spacial score (nSPS) is 13.2. The largest absolute Gasteiger partial charge is 0.483 e. The van der Waals surface area contributed by atoms with Gasteiger partial charge in [0.05, 0.1) is 17.0 Å². The number of pyridine rings is 2. The van der Waals surface area contributed by atoms with Gasteiger partial charge in [0.25, 0.3) is 18.2 Å². The molecule has 0 unspecified atom stereocenters. The van der Waals surface area contributed by atoms with E-state index in [0.29, 0.717) is 72.8 Å². The molecular weight excluding hydrogens is 1010 g/mol. The van der Waals surface area contributed by atoms with Crippen LogP contribution in [0.2, 0.25) is 5.02 Å². The monoisotopic (exact) mass is 1070 g/mol. The first-order valence-corrected chi connectivity index (χ1v) is 25.8. The van der Waals surface area contributed by atoms with Crippen LogP contribution in [-0.4, -0.2) is 133 Å². The summed E-state index contributed by atoms with van der Waals surface area (Å²) in [7, 11) is 1.85. The lowest BCUT2D eigenvalue weighted by Crippen LogP contribution is -2.31. The molecule has 406 valence electrons. The second-order valence-electron chi connectivity index (χ2n) is 17.9. The number of nitrogen functional groups attached to an aromatic ring is 1. The maximum Gasteiger partial charge on any atom is 0.290 e. The van der Waals surface area contributed by atoms with Crippen molar-refractivity contribution in [2.45, 2.75) is 71.4 Å². The van der Waals surface area contributed by atoms with Gasteiger partial charge < -0.3 is 41.8 Å². The smallest absolute Gasteiger partial charge is 0.290 e. The first kappa shape index (κ1) is 57.9. The highest BCUT2D eigenvalue weighted by Gasteiger charge is 2.17. The number of nitrogens with two attached hydrogens (primary N) is 1. The SMILES string of the molecule is CNc1cccc(-c2cccc(NC(=O)c3ccc(CN4CCCCC4)cn3)c2C)c1Cl.Nc1nc(NCCCC(=O)NCCNC=O)nc2nc(-c3ccco3)nn12.O=CO.O=Cc1ccc(CN2CCCCC2)cn1. The molecule has 9 rings (SSSR count). The Kier molecular flexibility index (Phi) is 23.2. The predicted molar refractivity (Wildman–Crippen MR) is 295 cm³/mol. The number of carbonyl (C=O) groups is 5. The van der Waals surface area contributed by atoms with Gasteiger partial charge in [-0.3, -0.25) is 43.7 Å². The maximum absolute atomic E-state index is 12.9. The summed E-state index contributed by atoms with van der Waals surface area (Å²) in [6.07, 6.45) is 15.2. The van der Waals surface area contributed by atoms with E-state index in [1.165, 1.54) is 68.0 Å². The van der Waals surface area contributed by atoms with Crippen LogP contribution in [0.25, 0.3) is 28.5 Å². The molecule has 22 nitrogen and oxygen atoms in total. The van der Waals surface area contributed by atoms with Crippen molar-refractivity contribution in [3.63, 3.8) is 0 Å². The fourth-order valence-electron chi connectivity index (χ4n) is 8.45. The molecule has 0 spiro atoms. The molecular formula is C54H66ClN15O7. The van der Waals surface area contributed by atoms with Gasteiger partial charge in [0.1, 0.15) is 11.4 Å². The lowest BCUT2D eigenvalue weighted by Gasteiger charge is -2.26. The van der Waals surface area contributed by atoms with Crippen LogP contribution in [-0.2, 0) is 27.5 Å². The molecule has 8 N–H and O–H groups in total. The summed E-state index contributed by atoms with van der Waals surface area (Å²) in [5, 5.41) is 26.1. The summed E-state index contributed by atoms with van der Waals surface area (Å²) in [6, 6.07) is 22.8. The second kappa shape index (κ2) is 30.9. The zero-order valence-electron chi connectivity index (χ0n) is 43.3. The number of anilines is 4. The summed E-state index contributed by atoms with van der Waals surface area (Å²) in [6.45, 7) is 9.53. The Hall–Kier alpha value is -8.34. The van der Waals surface area contributed by atoms with Gasteiger partial charge in [0.15, 0.2) is 12.0 Å². The third kappa shape index (κ3) is 17.9. The van der Waals surface area contributed by atoms with Crippen LogP contribution in [0.5, 0.6) is 0 Å². The Labute approximate surface area is 451 Å². The summed E-state index contributed by atoms with van der Waals surface area (Å²) < 4.78 is 6.58. The number of aldehydes is 1. The second-order valence-corrected chi connectivity index (χ2v) is 18.2. The molecule has 2 fully saturated rings. The number of carboxylic acid groups (broad SMARTS) is 1. The minimum absolute atomic E-state index is 0.0964. The van der Waals surface area contributed by atoms with Crippen molar-refractivity contribution >= 4 is 71.6 Å². The van der Waals surface area contributed by atoms with Crippen molar-refractivity contribution in [2.75, 3.05) is 74.5 Å². The van der Waals surface area contributed by atoms with Gasteiger partial charge >= 0.3 is 0 Å². The zero-order chi connectivity index (χ0) is 54.8. The van der Waals surface area contributed by atoms with E-state index in [9.17, 15) is 19.2 Å². The number of carbonyl (C=O) groups excluding carboxylic acids is 4. The van der Waals surface area contributed by atoms with Crippen LogP contribution in [0.15, 0.2) is 95.9 Å². The molecule has 3 amide bonds. The number of halogens is 1. The van der Waals surface area contributed by atoms with Gasteiger partial charge in [-0.1, -0.05) is 60.8 Å². The van der Waals surface area contributed by atoms with E-state index in [-0.39, 0.29) is 30.0 Å². The molecule has 2 saturated heterocycles. The summed E-state index contributed by atoms with van der Waals surface area (Å²) in [5.41, 5.74) is 13.6. The molecule has 77 heavy (non-hydrogen) atoms. The number of fused-ring (bicyclic) bond motifs is 1. The average Bonchev–Trinajstić information content (AvgIpc) is 4.16. The number of nitrogens with one attached hydrogen (secondary N) is 5. The van der Waals surface area contributed by atoms with Crippen LogP contribution in [0.1, 0.15) is 89.0 Å². The highest BCUT2D eigenvalue weighted by molar-refractivity contribution is 6.36. The van der Waals surface area contributed by atoms with E-state index in [4.69, 9.17) is 31.7 Å². The average molecular weight is 1070 g/mol. The van der Waals surface area contributed by atoms with E-state index in [1.54, 1.807) is 30.5 Å². The minimum Gasteiger partial charge on any atom is -0.483 e. The fourth-order valence-corrected chi connectivity index (χ4v) is 8.77. The molecule has 7 aromatic rings. The van der Waals surface area contributed by atoms with Crippen LogP contribution >= 0.6 is 11.6 Å². The third-order valence-corrected chi connectivity index (χ3v) is 12.8. The Bertz CT molecular complexity index is 2960. The number of nitrogens with zero attached hydrogens (tertiary/aromatic N) is 9. The maximum atomic E-state index is 12.9. The minimum atomic E-state index is -0.250. The van der Waals surface area contributed by atoms with E-state index in [1.807, 2.05) is 68.7 Å². The topological polar surface area (TPSA) is 293 Å². The Morgan fingerprint density at radius 3 is 2.04 bits per heavy atom. The molecule has 2 aliphatic rings. The summed E-state index contributed by atoms with van der Waals surface area (Å²) >= 11 is 6.59. The highest BCUT2D eigenvalue weighted by atomic mass is 35.5. The number of hydrogen-bond acceptors (Lipinski definition) is 17. The van der Waals surface area contributed by atoms with Gasteiger partial charge in [-0.05, 0) is 124 Å². The van der Waals surface area contributed by atoms with Crippen molar-refractivity contribution in [1.29, 1.82) is 0 Å². The first-order chi connectivity index (χ1) is 37.5. The van der Waals surface area contributed by atoms with Crippen LogP contribution in [0.4, 0.5) is 23.3 Å². The molecule has 0 atom stereocenters. The number of benzene rings is 2. The predicted octanol–water partition coefficient (Wildman–Crippen LogP) is 6.99. The van der Waals surface area contributed by atoms with Crippen LogP contribution in [0.3, 0.4) is 0 Å². The lowest BCUT2D eigenvalue weighted by molar-refractivity contribution is -0.123. The van der Waals surface area contributed by atoms with E-state index >= 15 is 0 Å². The molecule has 0 saturated carbocycles. The zero-order valence-corrected chi connectivity index (χ0v) is 44.0. The van der Waals surface area contributed by atoms with Crippen molar-refractivity contribution < 1.29 is 33.5 Å². The van der Waals surface area contributed by atoms with Crippen molar-refractivity contribution in [3.05, 3.63) is 125 Å². The van der Waals surface area contributed by atoms with Crippen LogP contribution in [0, 0.1) is 6.92 Å². The van der Waals surface area contributed by atoms with Crippen LogP contribution < -0.4 is 32.3 Å². The molecule has 2 aromatic carbocycles. The summed E-state index contributed by atoms with van der Waals surface area (Å²) in [4.78, 5) is 79.4. The van der Waals surface area contributed by atoms with Gasteiger partial charge in [-0.2, -0.15) is 19.5 Å². The first-order valence-electron chi connectivity index (χ1n) is 25.4. The summed E-state index contributed by atoms with van der Waals surface area (Å²) in [5.74, 6) is 1.27. The highest BCUT2D eigenvalue weighted by Crippen LogP contribution is 2.37. The van der Waals surface area contributed by atoms with Gasteiger partial charge in [-0.15, -0.1) is 5.10 Å². The molecule has 0 bridgehead atoms. The van der Waals surface area contributed by atoms with Crippen molar-refractivity contribution in [3.8, 4) is 22.7 Å². The Morgan fingerprint density at radius 2 is 1.44 bits per heavy atom. The fraction of sp³-hybridized carbons (Fsp3) is 0.352. The Balaban J connectivity index is 0.000000192. The van der Waals surface area contributed by atoms with E-state index in [2.05, 4.69) is 66.4 Å². The standard InChI is InChI=1S/C26H29ClN4O.C15H19N9O3.C12H16N2O.CH2O2/c1-18-20(21-9-7-11-23(28-2)25(21)27)8-6-10-22(18)30-26(32)24-13-12-19(16-29-24)17-31-14-4-3-5-15-31;16-13-21-14(19-5-1-4-11(26)18-7-6-17-9-25)22-15-20-12(23-24(13)15)10-3-2-8-27-10;15-10-12-5-4-11(8-13-12)9-14-6-2-1-3-7-14;2-1-3/h6-13,16,28H,3-5,14-15,17H2,1-2H3,(H,30,32);2-3,8-9H,1,4-7H2,(H,17,25)(H,18,26)(H3,16,19,20,21,22,23);4-5,8,10H,1-3,6-7,9H2;1H,(H,2,3). The number of hydrogen-bond donors (Lipinski definition) is 7. The van der Waals surface area contributed by atoms with Crippen molar-refractivity contribution in [1.82, 2.24) is 55.0 Å². The number of aromatic nitrogens is 7.